The van der Waals surface area contributed by atoms with Crippen LogP contribution in [0.1, 0.15) is 24.1 Å². The summed E-state index contributed by atoms with van der Waals surface area (Å²) in [6, 6.07) is 0. The van der Waals surface area contributed by atoms with Gasteiger partial charge in [0.1, 0.15) is 0 Å². The Kier molecular flexibility index (Phi) is 3.80. The number of hydrogen-bond acceptors (Lipinski definition) is 4. The molecule has 1 aromatic heterocycles. The summed E-state index contributed by atoms with van der Waals surface area (Å²) in [6.45, 7) is 2.80. The van der Waals surface area contributed by atoms with Crippen LogP contribution in [0.25, 0.3) is 0 Å². The Bertz CT molecular complexity index is 463. The van der Waals surface area contributed by atoms with Crippen LogP contribution in [0.3, 0.4) is 0 Å². The summed E-state index contributed by atoms with van der Waals surface area (Å²) in [4.78, 5) is 0. The van der Waals surface area contributed by atoms with E-state index in [2.05, 4.69) is 14.9 Å². The number of H-pyrrole nitrogens is 1. The molecule has 2 rings (SSSR count). The van der Waals surface area contributed by atoms with Crippen LogP contribution in [0.4, 0.5) is 0 Å². The summed E-state index contributed by atoms with van der Waals surface area (Å²) in [5.41, 5.74) is 1.74. The second-order valence-electron chi connectivity index (χ2n) is 4.26. The number of nitrogens with one attached hydrogen (secondary N) is 2. The van der Waals surface area contributed by atoms with Crippen molar-refractivity contribution in [1.29, 1.82) is 0 Å². The van der Waals surface area contributed by atoms with Crippen LogP contribution in [0.5, 0.6) is 0 Å². The summed E-state index contributed by atoms with van der Waals surface area (Å²) < 4.78 is 31.4. The van der Waals surface area contributed by atoms with E-state index >= 15 is 0 Å². The van der Waals surface area contributed by atoms with Gasteiger partial charge in [-0.15, -0.1) is 0 Å². The van der Waals surface area contributed by atoms with Crippen molar-refractivity contribution in [1.82, 2.24) is 14.9 Å². The third-order valence-corrected chi connectivity index (χ3v) is 4.24. The minimum Gasteiger partial charge on any atom is -0.377 e. The Balaban J connectivity index is 1.87. The normalized spacial score (nSPS) is 20.9. The van der Waals surface area contributed by atoms with Crippen LogP contribution in [-0.2, 0) is 21.3 Å². The zero-order valence-electron chi connectivity index (χ0n) is 9.77. The minimum absolute atomic E-state index is 0.0455. The van der Waals surface area contributed by atoms with Crippen LogP contribution in [0, 0.1) is 6.92 Å². The molecule has 0 spiro atoms. The third kappa shape index (κ3) is 3.52. The Morgan fingerprint density at radius 2 is 2.47 bits per heavy atom. The average Bonchev–Trinajstić information content (AvgIpc) is 2.87. The van der Waals surface area contributed by atoms with Gasteiger partial charge in [-0.05, 0) is 19.8 Å². The van der Waals surface area contributed by atoms with Crippen molar-refractivity contribution < 1.29 is 13.2 Å². The van der Waals surface area contributed by atoms with Gasteiger partial charge in [-0.1, -0.05) is 0 Å². The van der Waals surface area contributed by atoms with E-state index in [1.807, 2.05) is 6.92 Å². The number of aryl methyl sites for hydroxylation is 1. The van der Waals surface area contributed by atoms with Crippen LogP contribution in [-0.4, -0.2) is 37.1 Å². The first-order valence-corrected chi connectivity index (χ1v) is 7.30. The lowest BCUT2D eigenvalue weighted by Gasteiger charge is -2.10. The third-order valence-electron chi connectivity index (χ3n) is 2.85. The maximum Gasteiger partial charge on any atom is 0.214 e. The van der Waals surface area contributed by atoms with E-state index in [1.165, 1.54) is 0 Å². The smallest absolute Gasteiger partial charge is 0.214 e. The molecule has 1 atom stereocenters. The number of nitrogens with zero attached hydrogens (tertiary/aromatic N) is 1. The summed E-state index contributed by atoms with van der Waals surface area (Å²) in [7, 11) is -3.27. The van der Waals surface area contributed by atoms with Crippen molar-refractivity contribution >= 4 is 10.0 Å². The molecule has 17 heavy (non-hydrogen) atoms. The van der Waals surface area contributed by atoms with Gasteiger partial charge in [-0.3, -0.25) is 5.10 Å². The number of aromatic amines is 1. The average molecular weight is 259 g/mol. The lowest BCUT2D eigenvalue weighted by molar-refractivity contribution is 0.127. The molecule has 0 aromatic carbocycles. The predicted octanol–water partition coefficient (Wildman–Crippen LogP) is 0.317. The van der Waals surface area contributed by atoms with Crippen molar-refractivity contribution in [2.45, 2.75) is 32.4 Å². The molecule has 0 radical (unpaired) electrons. The van der Waals surface area contributed by atoms with Gasteiger partial charge < -0.3 is 4.74 Å². The van der Waals surface area contributed by atoms with E-state index in [-0.39, 0.29) is 18.4 Å². The van der Waals surface area contributed by atoms with Crippen molar-refractivity contribution in [3.8, 4) is 0 Å². The number of ether oxygens (including phenoxy) is 1. The topological polar surface area (TPSA) is 84.1 Å². The highest BCUT2D eigenvalue weighted by atomic mass is 32.2. The fourth-order valence-corrected chi connectivity index (χ4v) is 3.07. The van der Waals surface area contributed by atoms with E-state index in [0.717, 1.165) is 24.1 Å². The summed E-state index contributed by atoms with van der Waals surface area (Å²) in [6.07, 6.45) is 3.24. The minimum atomic E-state index is -3.27. The predicted molar refractivity (Wildman–Crippen MR) is 62.9 cm³/mol. The van der Waals surface area contributed by atoms with E-state index in [9.17, 15) is 8.42 Å². The molecule has 2 N–H and O–H groups in total. The Morgan fingerprint density at radius 3 is 3.06 bits per heavy atom. The van der Waals surface area contributed by atoms with E-state index < -0.39 is 10.0 Å². The van der Waals surface area contributed by atoms with Gasteiger partial charge in [0.25, 0.3) is 0 Å². The van der Waals surface area contributed by atoms with Crippen LogP contribution < -0.4 is 4.72 Å². The SMILES string of the molecule is Cc1[nH]ncc1CNS(=O)(=O)CC1CCCO1. The van der Waals surface area contributed by atoms with Gasteiger partial charge in [0, 0.05) is 24.4 Å². The number of rotatable bonds is 5. The zero-order valence-corrected chi connectivity index (χ0v) is 10.6. The zero-order chi connectivity index (χ0) is 12.3. The van der Waals surface area contributed by atoms with Gasteiger partial charge in [0.05, 0.1) is 18.1 Å². The molecule has 1 aliphatic heterocycles. The van der Waals surface area contributed by atoms with Gasteiger partial charge >= 0.3 is 0 Å². The first kappa shape index (κ1) is 12.5. The molecular weight excluding hydrogens is 242 g/mol. The maximum absolute atomic E-state index is 11.8. The van der Waals surface area contributed by atoms with Crippen molar-refractivity contribution in [2.24, 2.45) is 0 Å². The standard InChI is InChI=1S/C10H17N3O3S/c1-8-9(5-11-13-8)6-12-17(14,15)7-10-3-2-4-16-10/h5,10,12H,2-4,6-7H2,1H3,(H,11,13). The summed E-state index contributed by atoms with van der Waals surface area (Å²) in [5.74, 6) is 0.0455. The molecule has 1 fully saturated rings. The number of aromatic nitrogens is 2. The van der Waals surface area contributed by atoms with E-state index in [0.29, 0.717) is 6.61 Å². The molecule has 0 aliphatic carbocycles. The Hall–Kier alpha value is -0.920. The molecule has 1 aliphatic rings. The highest BCUT2D eigenvalue weighted by Gasteiger charge is 2.23. The Morgan fingerprint density at radius 1 is 1.65 bits per heavy atom. The monoisotopic (exact) mass is 259 g/mol. The fourth-order valence-electron chi connectivity index (χ4n) is 1.82. The second kappa shape index (κ2) is 5.16. The molecule has 1 saturated heterocycles. The molecule has 6 nitrogen and oxygen atoms in total. The molecule has 0 amide bonds. The fraction of sp³-hybridized carbons (Fsp3) is 0.700. The number of hydrogen-bond donors (Lipinski definition) is 2. The quantitative estimate of drug-likeness (QED) is 0.797. The second-order valence-corrected chi connectivity index (χ2v) is 6.11. The van der Waals surface area contributed by atoms with E-state index in [4.69, 9.17) is 4.74 Å². The Labute approximate surface area is 101 Å². The molecule has 1 aromatic rings. The highest BCUT2D eigenvalue weighted by Crippen LogP contribution is 2.13. The first-order valence-electron chi connectivity index (χ1n) is 5.64. The maximum atomic E-state index is 11.8. The summed E-state index contributed by atoms with van der Waals surface area (Å²) in [5, 5.41) is 6.61. The van der Waals surface area contributed by atoms with Gasteiger partial charge in [-0.2, -0.15) is 5.10 Å². The van der Waals surface area contributed by atoms with Crippen LogP contribution in [0.15, 0.2) is 6.20 Å². The molecule has 7 heteroatoms. The van der Waals surface area contributed by atoms with Gasteiger partial charge in [0.2, 0.25) is 10.0 Å². The molecule has 2 heterocycles. The lowest BCUT2D eigenvalue weighted by Crippen LogP contribution is -2.31. The van der Waals surface area contributed by atoms with Gasteiger partial charge in [0.15, 0.2) is 0 Å². The lowest BCUT2D eigenvalue weighted by atomic mass is 10.3. The highest BCUT2D eigenvalue weighted by molar-refractivity contribution is 7.89. The number of sulfonamides is 1. The van der Waals surface area contributed by atoms with Gasteiger partial charge in [-0.25, -0.2) is 13.1 Å². The molecule has 0 bridgehead atoms. The first-order chi connectivity index (χ1) is 8.07. The largest absolute Gasteiger partial charge is 0.377 e. The van der Waals surface area contributed by atoms with E-state index in [1.54, 1.807) is 6.20 Å². The molecule has 1 unspecified atom stereocenters. The molecule has 96 valence electrons. The van der Waals surface area contributed by atoms with Crippen LogP contribution in [0.2, 0.25) is 0 Å². The molecular formula is C10H17N3O3S. The molecule has 0 saturated carbocycles. The van der Waals surface area contributed by atoms with Crippen molar-refractivity contribution in [2.75, 3.05) is 12.4 Å². The van der Waals surface area contributed by atoms with Crippen molar-refractivity contribution in [3.63, 3.8) is 0 Å². The van der Waals surface area contributed by atoms with Crippen molar-refractivity contribution in [3.05, 3.63) is 17.5 Å². The van der Waals surface area contributed by atoms with Crippen LogP contribution >= 0.6 is 0 Å². The summed E-state index contributed by atoms with van der Waals surface area (Å²) >= 11 is 0.